The molecule has 140 valence electrons. The van der Waals surface area contributed by atoms with Gasteiger partial charge >= 0.3 is 0 Å². The number of anilines is 1. The molecule has 9 heteroatoms. The van der Waals surface area contributed by atoms with Crippen molar-refractivity contribution >= 4 is 23.4 Å². The van der Waals surface area contributed by atoms with Crippen LogP contribution in [0.25, 0.3) is 0 Å². The molecule has 0 spiro atoms. The Morgan fingerprint density at radius 3 is 2.89 bits per heavy atom. The molecule has 27 heavy (non-hydrogen) atoms. The zero-order valence-corrected chi connectivity index (χ0v) is 14.9. The quantitative estimate of drug-likeness (QED) is 0.692. The predicted molar refractivity (Wildman–Crippen MR) is 95.6 cm³/mol. The summed E-state index contributed by atoms with van der Waals surface area (Å²) in [5, 5.41) is 15.6. The SMILES string of the molecule is CC(=O)N[C@H]1CCc2cccc3c2N(C1=O)[C@H](C(=O)NCc1c[nH]nn1)C3. The lowest BCUT2D eigenvalue weighted by Gasteiger charge is -2.27. The van der Waals surface area contributed by atoms with Gasteiger partial charge in [-0.05, 0) is 24.0 Å². The van der Waals surface area contributed by atoms with Crippen LogP contribution in [-0.4, -0.2) is 45.2 Å². The number of aromatic nitrogens is 3. The third-order valence-electron chi connectivity index (χ3n) is 5.00. The second kappa shape index (κ2) is 6.82. The summed E-state index contributed by atoms with van der Waals surface area (Å²) in [4.78, 5) is 39.1. The first-order chi connectivity index (χ1) is 13.0. The molecule has 2 aromatic rings. The highest BCUT2D eigenvalue weighted by molar-refractivity contribution is 6.07. The number of amides is 3. The van der Waals surface area contributed by atoms with E-state index in [0.717, 1.165) is 16.8 Å². The molecule has 3 N–H and O–H groups in total. The highest BCUT2D eigenvalue weighted by atomic mass is 16.2. The number of hydrogen-bond donors (Lipinski definition) is 3. The van der Waals surface area contributed by atoms with Crippen LogP contribution in [0, 0.1) is 0 Å². The van der Waals surface area contributed by atoms with E-state index in [9.17, 15) is 14.4 Å². The fraction of sp³-hybridized carbons (Fsp3) is 0.389. The topological polar surface area (TPSA) is 120 Å². The second-order valence-corrected chi connectivity index (χ2v) is 6.83. The maximum absolute atomic E-state index is 13.2. The Morgan fingerprint density at radius 2 is 2.15 bits per heavy atom. The van der Waals surface area contributed by atoms with Gasteiger partial charge in [0.15, 0.2) is 0 Å². The molecule has 0 bridgehead atoms. The third-order valence-corrected chi connectivity index (χ3v) is 5.00. The lowest BCUT2D eigenvalue weighted by molar-refractivity contribution is -0.129. The predicted octanol–water partition coefficient (Wildman–Crippen LogP) is -0.170. The molecular formula is C18H20N6O3. The number of hydrogen-bond acceptors (Lipinski definition) is 5. The normalized spacial score (nSPS) is 20.8. The van der Waals surface area contributed by atoms with Gasteiger partial charge in [-0.1, -0.05) is 23.4 Å². The molecule has 0 fully saturated rings. The van der Waals surface area contributed by atoms with E-state index < -0.39 is 12.1 Å². The number of rotatable bonds is 4. The van der Waals surface area contributed by atoms with Crippen molar-refractivity contribution in [3.05, 3.63) is 41.2 Å². The number of carbonyl (C=O) groups is 3. The average Bonchev–Trinajstić information content (AvgIpc) is 3.27. The Kier molecular flexibility index (Phi) is 4.35. The van der Waals surface area contributed by atoms with E-state index in [0.29, 0.717) is 25.0 Å². The van der Waals surface area contributed by atoms with Gasteiger partial charge in [-0.15, -0.1) is 5.10 Å². The zero-order chi connectivity index (χ0) is 19.0. The molecule has 0 saturated heterocycles. The van der Waals surface area contributed by atoms with E-state index in [4.69, 9.17) is 0 Å². The molecule has 1 aromatic heterocycles. The Balaban J connectivity index is 1.62. The lowest BCUT2D eigenvalue weighted by Crippen LogP contribution is -2.54. The van der Waals surface area contributed by atoms with Crippen molar-refractivity contribution in [3.63, 3.8) is 0 Å². The van der Waals surface area contributed by atoms with Crippen LogP contribution in [0.1, 0.15) is 30.2 Å². The van der Waals surface area contributed by atoms with Gasteiger partial charge in [0.1, 0.15) is 17.8 Å². The van der Waals surface area contributed by atoms with Crippen molar-refractivity contribution in [2.75, 3.05) is 4.90 Å². The van der Waals surface area contributed by atoms with E-state index in [1.807, 2.05) is 18.2 Å². The number of benzene rings is 1. The zero-order valence-electron chi connectivity index (χ0n) is 14.9. The molecule has 2 aliphatic rings. The largest absolute Gasteiger partial charge is 0.348 e. The average molecular weight is 368 g/mol. The molecule has 4 rings (SSSR count). The molecule has 0 unspecified atom stereocenters. The lowest BCUT2D eigenvalue weighted by atomic mass is 10.0. The minimum absolute atomic E-state index is 0.228. The van der Waals surface area contributed by atoms with Crippen molar-refractivity contribution in [1.82, 2.24) is 26.0 Å². The molecular weight excluding hydrogens is 348 g/mol. The van der Waals surface area contributed by atoms with E-state index in [1.165, 1.54) is 6.92 Å². The number of H-pyrrole nitrogens is 1. The molecule has 2 atom stereocenters. The van der Waals surface area contributed by atoms with Gasteiger partial charge in [0.25, 0.3) is 0 Å². The molecule has 2 aliphatic heterocycles. The van der Waals surface area contributed by atoms with Crippen molar-refractivity contribution in [2.45, 2.75) is 44.8 Å². The number of nitrogens with zero attached hydrogens (tertiary/aromatic N) is 3. The van der Waals surface area contributed by atoms with Crippen molar-refractivity contribution < 1.29 is 14.4 Å². The summed E-state index contributed by atoms with van der Waals surface area (Å²) in [7, 11) is 0. The Bertz CT molecular complexity index is 895. The van der Waals surface area contributed by atoms with Crippen molar-refractivity contribution in [2.24, 2.45) is 0 Å². The minimum Gasteiger partial charge on any atom is -0.348 e. The molecule has 3 heterocycles. The summed E-state index contributed by atoms with van der Waals surface area (Å²) in [5.74, 6) is -0.752. The summed E-state index contributed by atoms with van der Waals surface area (Å²) >= 11 is 0. The maximum atomic E-state index is 13.2. The first-order valence-electron chi connectivity index (χ1n) is 8.88. The number of aryl methyl sites for hydroxylation is 1. The van der Waals surface area contributed by atoms with Crippen molar-refractivity contribution in [1.29, 1.82) is 0 Å². The summed E-state index contributed by atoms with van der Waals surface area (Å²) < 4.78 is 0. The Hall–Kier alpha value is -3.23. The van der Waals surface area contributed by atoms with Crippen LogP contribution in [0.3, 0.4) is 0 Å². The van der Waals surface area contributed by atoms with Crippen molar-refractivity contribution in [3.8, 4) is 0 Å². The van der Waals surface area contributed by atoms with Gasteiger partial charge in [0.2, 0.25) is 17.7 Å². The highest BCUT2D eigenvalue weighted by Gasteiger charge is 2.43. The van der Waals surface area contributed by atoms with Gasteiger partial charge in [0, 0.05) is 19.5 Å². The number of carbonyl (C=O) groups excluding carboxylic acids is 3. The van der Waals surface area contributed by atoms with E-state index in [2.05, 4.69) is 26.0 Å². The molecule has 1 aromatic carbocycles. The van der Waals surface area contributed by atoms with Crippen LogP contribution in [0.15, 0.2) is 24.4 Å². The van der Waals surface area contributed by atoms with Crippen LogP contribution >= 0.6 is 0 Å². The monoisotopic (exact) mass is 368 g/mol. The molecule has 0 saturated carbocycles. The van der Waals surface area contributed by atoms with E-state index >= 15 is 0 Å². The van der Waals surface area contributed by atoms with Gasteiger partial charge in [-0.2, -0.15) is 0 Å². The fourth-order valence-electron chi connectivity index (χ4n) is 3.83. The minimum atomic E-state index is -0.644. The summed E-state index contributed by atoms with van der Waals surface area (Å²) in [6.07, 6.45) is 3.24. The molecule has 0 radical (unpaired) electrons. The molecule has 3 amide bonds. The number of aromatic amines is 1. The first-order valence-corrected chi connectivity index (χ1v) is 8.88. The standard InChI is InChI=1S/C18H20N6O3/c1-10(25)21-14-6-5-11-3-2-4-12-7-15(24(16(11)12)18(14)27)17(26)19-8-13-9-20-23-22-13/h2-4,9,14-15H,5-8H2,1H3,(H,19,26)(H,21,25)(H,20,22,23)/t14-,15-/m0/s1. The Labute approximate surface area is 155 Å². The Morgan fingerprint density at radius 1 is 1.33 bits per heavy atom. The van der Waals surface area contributed by atoms with Gasteiger partial charge in [-0.25, -0.2) is 0 Å². The van der Waals surface area contributed by atoms with E-state index in [-0.39, 0.29) is 24.3 Å². The second-order valence-electron chi connectivity index (χ2n) is 6.83. The smallest absolute Gasteiger partial charge is 0.250 e. The summed E-state index contributed by atoms with van der Waals surface area (Å²) in [5.41, 5.74) is 3.43. The van der Waals surface area contributed by atoms with Gasteiger partial charge < -0.3 is 10.6 Å². The van der Waals surface area contributed by atoms with E-state index in [1.54, 1.807) is 11.1 Å². The molecule has 9 nitrogen and oxygen atoms in total. The maximum Gasteiger partial charge on any atom is 0.250 e. The highest BCUT2D eigenvalue weighted by Crippen LogP contribution is 2.39. The number of nitrogens with one attached hydrogen (secondary N) is 3. The summed E-state index contributed by atoms with van der Waals surface area (Å²) in [6.45, 7) is 1.62. The van der Waals surface area contributed by atoms with Crippen LogP contribution in [0.2, 0.25) is 0 Å². The third kappa shape index (κ3) is 3.16. The summed E-state index contributed by atoms with van der Waals surface area (Å²) in [6, 6.07) is 4.60. The van der Waals surface area contributed by atoms with Crippen LogP contribution in [-0.2, 0) is 33.8 Å². The van der Waals surface area contributed by atoms with Crippen LogP contribution in [0.4, 0.5) is 5.69 Å². The molecule has 0 aliphatic carbocycles. The van der Waals surface area contributed by atoms with Gasteiger partial charge in [0.05, 0.1) is 12.2 Å². The van der Waals surface area contributed by atoms with Gasteiger partial charge in [-0.3, -0.25) is 24.4 Å². The van der Waals surface area contributed by atoms with Crippen LogP contribution in [0.5, 0.6) is 0 Å². The fourth-order valence-corrected chi connectivity index (χ4v) is 3.83. The number of para-hydroxylation sites is 1. The van der Waals surface area contributed by atoms with Crippen LogP contribution < -0.4 is 15.5 Å². The first kappa shape index (κ1) is 17.2.